The molecule has 0 bridgehead atoms. The van der Waals surface area contributed by atoms with Crippen LogP contribution in [0.4, 0.5) is 10.5 Å². The van der Waals surface area contributed by atoms with E-state index in [-0.39, 0.29) is 0 Å². The molecule has 0 aliphatic carbocycles. The minimum Gasteiger partial charge on any atom is -0.481 e. The van der Waals surface area contributed by atoms with Crippen molar-refractivity contribution in [2.45, 2.75) is 33.8 Å². The zero-order valence-corrected chi connectivity index (χ0v) is 16.7. The smallest absolute Gasteiger partial charge is 0.336 e. The molecule has 1 aromatic heterocycles. The molecule has 2 aromatic carbocycles. The normalized spacial score (nSPS) is 11.7. The van der Waals surface area contributed by atoms with E-state index in [0.717, 1.165) is 22.1 Å². The largest absolute Gasteiger partial charge is 0.481 e. The first-order chi connectivity index (χ1) is 13.7. The highest BCUT2D eigenvalue weighted by atomic mass is 16.5. The second kappa shape index (κ2) is 8.18. The lowest BCUT2D eigenvalue weighted by atomic mass is 10.1. The highest BCUT2D eigenvalue weighted by Crippen LogP contribution is 2.23. The van der Waals surface area contributed by atoms with E-state index in [2.05, 4.69) is 10.6 Å². The van der Waals surface area contributed by atoms with E-state index in [1.165, 1.54) is 13.0 Å². The number of fused-ring (bicyclic) bond motifs is 1. The summed E-state index contributed by atoms with van der Waals surface area (Å²) >= 11 is 0. The maximum absolute atomic E-state index is 12.3. The first kappa shape index (κ1) is 20.1. The Bertz CT molecular complexity index is 1150. The second-order valence-corrected chi connectivity index (χ2v) is 6.93. The maximum atomic E-state index is 12.3. The Balaban J connectivity index is 1.65. The molecule has 3 rings (SSSR count). The summed E-state index contributed by atoms with van der Waals surface area (Å²) in [5.41, 5.74) is 3.29. The monoisotopic (exact) mass is 394 g/mol. The lowest BCUT2D eigenvalue weighted by molar-refractivity contribution is -0.126. The van der Waals surface area contributed by atoms with Crippen molar-refractivity contribution < 1.29 is 18.7 Å². The Kier molecular flexibility index (Phi) is 5.68. The zero-order chi connectivity index (χ0) is 21.1. The first-order valence-corrected chi connectivity index (χ1v) is 9.13. The molecular weight excluding hydrogens is 372 g/mol. The molecule has 1 atom stereocenters. The third-order valence-electron chi connectivity index (χ3n) is 4.47. The number of anilines is 1. The summed E-state index contributed by atoms with van der Waals surface area (Å²) < 4.78 is 10.8. The van der Waals surface area contributed by atoms with Crippen molar-refractivity contribution in [2.75, 3.05) is 5.32 Å². The van der Waals surface area contributed by atoms with Gasteiger partial charge >= 0.3 is 11.7 Å². The third-order valence-corrected chi connectivity index (χ3v) is 4.47. The molecule has 1 heterocycles. The number of rotatable bonds is 4. The van der Waals surface area contributed by atoms with Gasteiger partial charge in [-0.05, 0) is 57.0 Å². The fraction of sp³-hybridized carbons (Fsp3) is 0.227. The maximum Gasteiger partial charge on any atom is 0.336 e. The van der Waals surface area contributed by atoms with Crippen LogP contribution in [0.1, 0.15) is 23.6 Å². The number of benzene rings is 2. The highest BCUT2D eigenvalue weighted by Gasteiger charge is 2.18. The fourth-order valence-corrected chi connectivity index (χ4v) is 2.96. The first-order valence-electron chi connectivity index (χ1n) is 9.13. The summed E-state index contributed by atoms with van der Waals surface area (Å²) in [5, 5.41) is 5.69. The van der Waals surface area contributed by atoms with Gasteiger partial charge in [-0.1, -0.05) is 17.7 Å². The van der Waals surface area contributed by atoms with Crippen molar-refractivity contribution in [3.05, 3.63) is 69.6 Å². The van der Waals surface area contributed by atoms with Crippen LogP contribution >= 0.6 is 0 Å². The topological polar surface area (TPSA) is 97.6 Å². The Morgan fingerprint density at radius 1 is 1.00 bits per heavy atom. The van der Waals surface area contributed by atoms with Gasteiger partial charge in [-0.25, -0.2) is 9.59 Å². The van der Waals surface area contributed by atoms with Crippen LogP contribution in [0.5, 0.6) is 5.75 Å². The molecule has 0 saturated carbocycles. The van der Waals surface area contributed by atoms with Gasteiger partial charge in [-0.2, -0.15) is 0 Å². The van der Waals surface area contributed by atoms with E-state index >= 15 is 0 Å². The molecule has 3 aromatic rings. The molecular formula is C22H22N2O5. The van der Waals surface area contributed by atoms with Crippen LogP contribution in [0, 0.1) is 20.8 Å². The molecule has 2 N–H and O–H groups in total. The minimum absolute atomic E-state index is 0.351. The number of nitrogens with one attached hydrogen (secondary N) is 2. The van der Waals surface area contributed by atoms with E-state index < -0.39 is 23.7 Å². The molecule has 150 valence electrons. The number of hydrogen-bond acceptors (Lipinski definition) is 5. The highest BCUT2D eigenvalue weighted by molar-refractivity contribution is 6.02. The summed E-state index contributed by atoms with van der Waals surface area (Å²) in [4.78, 5) is 36.0. The summed E-state index contributed by atoms with van der Waals surface area (Å²) in [6.07, 6.45) is -0.936. The number of carbonyl (C=O) groups excluding carboxylic acids is 2. The lowest BCUT2D eigenvalue weighted by Gasteiger charge is -2.15. The van der Waals surface area contributed by atoms with Crippen LogP contribution in [0.25, 0.3) is 11.0 Å². The lowest BCUT2D eigenvalue weighted by Crippen LogP contribution is -2.42. The van der Waals surface area contributed by atoms with Gasteiger partial charge in [0, 0.05) is 23.2 Å². The van der Waals surface area contributed by atoms with Crippen LogP contribution in [-0.2, 0) is 4.79 Å². The number of amides is 3. The number of hydrogen-bond donors (Lipinski definition) is 2. The average Bonchev–Trinajstić information content (AvgIpc) is 2.63. The van der Waals surface area contributed by atoms with Crippen molar-refractivity contribution in [1.29, 1.82) is 0 Å². The quantitative estimate of drug-likeness (QED) is 0.656. The molecule has 0 fully saturated rings. The summed E-state index contributed by atoms with van der Waals surface area (Å²) in [7, 11) is 0. The van der Waals surface area contributed by atoms with E-state index in [9.17, 15) is 14.4 Å². The predicted octanol–water partition coefficient (Wildman–Crippen LogP) is 3.83. The molecule has 0 radical (unpaired) electrons. The van der Waals surface area contributed by atoms with E-state index in [1.54, 1.807) is 24.3 Å². The van der Waals surface area contributed by atoms with Crippen molar-refractivity contribution >= 4 is 28.6 Å². The molecule has 29 heavy (non-hydrogen) atoms. The van der Waals surface area contributed by atoms with Gasteiger partial charge in [-0.3, -0.25) is 10.1 Å². The van der Waals surface area contributed by atoms with Gasteiger partial charge in [0.2, 0.25) is 0 Å². The number of ether oxygens (including phenoxy) is 1. The Hall–Kier alpha value is -3.61. The Morgan fingerprint density at radius 3 is 2.48 bits per heavy atom. The van der Waals surface area contributed by atoms with Gasteiger partial charge in [-0.15, -0.1) is 0 Å². The van der Waals surface area contributed by atoms with Gasteiger partial charge in [0.15, 0.2) is 6.10 Å². The predicted molar refractivity (Wildman–Crippen MR) is 110 cm³/mol. The zero-order valence-electron chi connectivity index (χ0n) is 16.7. The van der Waals surface area contributed by atoms with Crippen molar-refractivity contribution in [1.82, 2.24) is 5.32 Å². The number of carbonyl (C=O) groups is 2. The van der Waals surface area contributed by atoms with Crippen LogP contribution in [0.2, 0.25) is 0 Å². The van der Waals surface area contributed by atoms with Crippen molar-refractivity contribution in [3.63, 3.8) is 0 Å². The third kappa shape index (κ3) is 4.82. The number of urea groups is 1. The van der Waals surface area contributed by atoms with Gasteiger partial charge in [0.1, 0.15) is 11.3 Å². The van der Waals surface area contributed by atoms with Gasteiger partial charge in [0.25, 0.3) is 5.91 Å². The van der Waals surface area contributed by atoms with Crippen LogP contribution in [0.3, 0.4) is 0 Å². The second-order valence-electron chi connectivity index (χ2n) is 6.93. The fourth-order valence-electron chi connectivity index (χ4n) is 2.96. The van der Waals surface area contributed by atoms with E-state index in [4.69, 9.17) is 9.15 Å². The molecule has 0 spiro atoms. The van der Waals surface area contributed by atoms with Crippen molar-refractivity contribution in [2.24, 2.45) is 0 Å². The molecule has 0 saturated heterocycles. The molecule has 0 unspecified atom stereocenters. The van der Waals surface area contributed by atoms with Crippen LogP contribution in [0.15, 0.2) is 51.7 Å². The molecule has 0 aliphatic rings. The SMILES string of the molecule is Cc1ccc(NC(=O)NC(=O)[C@H](C)Oc2ccc3c(C)cc(=O)oc3c2)c(C)c1. The van der Waals surface area contributed by atoms with Crippen molar-refractivity contribution in [3.8, 4) is 5.75 Å². The molecule has 7 nitrogen and oxygen atoms in total. The number of imide groups is 1. The van der Waals surface area contributed by atoms with Crippen LogP contribution in [-0.4, -0.2) is 18.0 Å². The van der Waals surface area contributed by atoms with Gasteiger partial charge < -0.3 is 14.5 Å². The molecule has 3 amide bonds. The number of aryl methyl sites for hydroxylation is 3. The standard InChI is InChI=1S/C22H22N2O5/c1-12-5-8-18(14(3)9-12)23-22(27)24-21(26)15(4)28-16-6-7-17-13(2)10-20(25)29-19(17)11-16/h5-11,15H,1-4H3,(H2,23,24,26,27)/t15-/m0/s1. The van der Waals surface area contributed by atoms with Gasteiger partial charge in [0.05, 0.1) is 0 Å². The van der Waals surface area contributed by atoms with Crippen LogP contribution < -0.4 is 21.0 Å². The molecule has 7 heteroatoms. The summed E-state index contributed by atoms with van der Waals surface area (Å²) in [6.45, 7) is 7.16. The molecule has 0 aliphatic heterocycles. The summed E-state index contributed by atoms with van der Waals surface area (Å²) in [5.74, 6) is -0.248. The minimum atomic E-state index is -0.936. The summed E-state index contributed by atoms with van der Waals surface area (Å²) in [6, 6.07) is 11.3. The Morgan fingerprint density at radius 2 is 1.76 bits per heavy atom. The van der Waals surface area contributed by atoms with E-state index in [1.807, 2.05) is 32.9 Å². The van der Waals surface area contributed by atoms with E-state index in [0.29, 0.717) is 17.0 Å². The average molecular weight is 394 g/mol. The Labute approximate surface area is 167 Å².